The Morgan fingerprint density at radius 3 is 2.54 bits per heavy atom. The molecule has 1 aromatic rings. The van der Waals surface area contributed by atoms with Crippen molar-refractivity contribution in [3.8, 4) is 0 Å². The zero-order valence-corrected chi connectivity index (χ0v) is 8.23. The number of rotatable bonds is 3. The van der Waals surface area contributed by atoms with Gasteiger partial charge in [-0.15, -0.1) is 5.10 Å². The summed E-state index contributed by atoms with van der Waals surface area (Å²) in [6.07, 6.45) is -0.439. The average molecular weight is 184 g/mol. The van der Waals surface area contributed by atoms with E-state index in [2.05, 4.69) is 10.3 Å². The summed E-state index contributed by atoms with van der Waals surface area (Å²) >= 11 is 0. The molecular weight excluding hydrogens is 168 g/mol. The highest BCUT2D eigenvalue weighted by Crippen LogP contribution is 2.13. The monoisotopic (exact) mass is 184 g/mol. The van der Waals surface area contributed by atoms with E-state index in [0.29, 0.717) is 6.54 Å². The van der Waals surface area contributed by atoms with Gasteiger partial charge in [0.05, 0.1) is 23.5 Å². The lowest BCUT2D eigenvalue weighted by atomic mass is 10.2. The molecule has 0 aromatic carbocycles. The van der Waals surface area contributed by atoms with E-state index in [1.165, 1.54) is 0 Å². The van der Waals surface area contributed by atoms with Crippen LogP contribution in [0.25, 0.3) is 0 Å². The molecule has 0 amide bonds. The molecule has 0 saturated carbocycles. The van der Waals surface area contributed by atoms with Gasteiger partial charge in [-0.05, 0) is 20.8 Å². The van der Waals surface area contributed by atoms with Gasteiger partial charge in [-0.2, -0.15) is 0 Å². The Morgan fingerprint density at radius 2 is 2.15 bits per heavy atom. The lowest BCUT2D eigenvalue weighted by molar-refractivity contribution is 0.130. The van der Waals surface area contributed by atoms with Crippen LogP contribution in [-0.2, 0) is 6.54 Å². The summed E-state index contributed by atoms with van der Waals surface area (Å²) < 4.78 is 1.70. The fraction of sp³-hybridized carbons (Fsp3) is 0.750. The molecular formula is C8H16N4O. The smallest absolute Gasteiger partial charge is 0.0991 e. The Bertz CT molecular complexity index is 282. The molecule has 1 rings (SSSR count). The second-order valence-corrected chi connectivity index (χ2v) is 3.25. The number of aliphatic hydroxyl groups is 1. The highest BCUT2D eigenvalue weighted by atomic mass is 16.3. The molecule has 13 heavy (non-hydrogen) atoms. The first kappa shape index (κ1) is 10.1. The van der Waals surface area contributed by atoms with Crippen molar-refractivity contribution >= 4 is 0 Å². The Hall–Kier alpha value is -0.940. The van der Waals surface area contributed by atoms with Crippen molar-refractivity contribution in [3.63, 3.8) is 0 Å². The molecule has 0 saturated heterocycles. The minimum Gasteiger partial charge on any atom is -0.391 e. The Kier molecular flexibility index (Phi) is 3.00. The van der Waals surface area contributed by atoms with E-state index >= 15 is 0 Å². The predicted molar refractivity (Wildman–Crippen MR) is 49.0 cm³/mol. The largest absolute Gasteiger partial charge is 0.391 e. The van der Waals surface area contributed by atoms with Gasteiger partial charge in [0, 0.05) is 6.54 Å². The van der Waals surface area contributed by atoms with Crippen molar-refractivity contribution in [1.82, 2.24) is 15.0 Å². The molecule has 0 aliphatic carbocycles. The molecule has 0 bridgehead atoms. The van der Waals surface area contributed by atoms with Crippen molar-refractivity contribution in [2.45, 2.75) is 39.5 Å². The standard InChI is InChI=1S/C8H16N4O/c1-5(7(3)13)12-6(2)8(4-9)10-11-12/h5,7,13H,4,9H2,1-3H3. The third kappa shape index (κ3) is 1.87. The van der Waals surface area contributed by atoms with Gasteiger partial charge in [0.25, 0.3) is 0 Å². The van der Waals surface area contributed by atoms with Crippen molar-refractivity contribution in [3.05, 3.63) is 11.4 Å². The average Bonchev–Trinajstić information content (AvgIpc) is 2.45. The topological polar surface area (TPSA) is 77.0 Å². The Balaban J connectivity index is 2.95. The first-order valence-electron chi connectivity index (χ1n) is 4.36. The first-order chi connectivity index (χ1) is 6.07. The summed E-state index contributed by atoms with van der Waals surface area (Å²) in [5.41, 5.74) is 7.17. The van der Waals surface area contributed by atoms with Gasteiger partial charge >= 0.3 is 0 Å². The van der Waals surface area contributed by atoms with Crippen LogP contribution in [0.15, 0.2) is 0 Å². The van der Waals surface area contributed by atoms with Crippen LogP contribution in [0.1, 0.15) is 31.3 Å². The van der Waals surface area contributed by atoms with E-state index in [1.807, 2.05) is 13.8 Å². The molecule has 3 N–H and O–H groups in total. The van der Waals surface area contributed by atoms with E-state index in [0.717, 1.165) is 11.4 Å². The molecule has 0 aliphatic rings. The summed E-state index contributed by atoms with van der Waals surface area (Å²) in [5, 5.41) is 17.2. The SMILES string of the molecule is Cc1c(CN)nnn1C(C)C(C)O. The van der Waals surface area contributed by atoms with Crippen LogP contribution in [0.5, 0.6) is 0 Å². The summed E-state index contributed by atoms with van der Waals surface area (Å²) in [7, 11) is 0. The second kappa shape index (κ2) is 3.85. The number of hydrogen-bond acceptors (Lipinski definition) is 4. The van der Waals surface area contributed by atoms with Crippen molar-refractivity contribution < 1.29 is 5.11 Å². The predicted octanol–water partition coefficient (Wildman–Crippen LogP) is -0.0130. The molecule has 5 heteroatoms. The summed E-state index contributed by atoms with van der Waals surface area (Å²) in [4.78, 5) is 0. The Labute approximate surface area is 77.6 Å². The van der Waals surface area contributed by atoms with Crippen LogP contribution in [0.4, 0.5) is 0 Å². The molecule has 74 valence electrons. The lowest BCUT2D eigenvalue weighted by Crippen LogP contribution is -2.20. The van der Waals surface area contributed by atoms with Gasteiger partial charge in [0.2, 0.25) is 0 Å². The molecule has 0 fully saturated rings. The van der Waals surface area contributed by atoms with Crippen LogP contribution in [0.2, 0.25) is 0 Å². The zero-order valence-electron chi connectivity index (χ0n) is 8.23. The quantitative estimate of drug-likeness (QED) is 0.692. The van der Waals surface area contributed by atoms with Crippen molar-refractivity contribution in [2.24, 2.45) is 5.73 Å². The van der Waals surface area contributed by atoms with Gasteiger partial charge in [0.15, 0.2) is 0 Å². The zero-order chi connectivity index (χ0) is 10.0. The van der Waals surface area contributed by atoms with Crippen LogP contribution < -0.4 is 5.73 Å². The van der Waals surface area contributed by atoms with Gasteiger partial charge in [-0.25, -0.2) is 4.68 Å². The summed E-state index contributed by atoms with van der Waals surface area (Å²) in [6, 6.07) is -0.0622. The highest BCUT2D eigenvalue weighted by Gasteiger charge is 2.16. The van der Waals surface area contributed by atoms with Gasteiger partial charge < -0.3 is 10.8 Å². The number of nitrogens with zero attached hydrogens (tertiary/aromatic N) is 3. The molecule has 2 atom stereocenters. The molecule has 5 nitrogen and oxygen atoms in total. The van der Waals surface area contributed by atoms with Crippen LogP contribution >= 0.6 is 0 Å². The number of aromatic nitrogens is 3. The highest BCUT2D eigenvalue weighted by molar-refractivity contribution is 5.07. The summed E-state index contributed by atoms with van der Waals surface area (Å²) in [5.74, 6) is 0. The molecule has 1 aromatic heterocycles. The van der Waals surface area contributed by atoms with E-state index in [9.17, 15) is 5.11 Å². The normalized spacial score (nSPS) is 15.8. The fourth-order valence-corrected chi connectivity index (χ4v) is 1.15. The minimum atomic E-state index is -0.439. The van der Waals surface area contributed by atoms with Gasteiger partial charge in [0.1, 0.15) is 0 Å². The molecule has 0 aliphatic heterocycles. The maximum absolute atomic E-state index is 9.36. The van der Waals surface area contributed by atoms with Crippen LogP contribution in [0, 0.1) is 6.92 Å². The number of nitrogens with two attached hydrogens (primary N) is 1. The second-order valence-electron chi connectivity index (χ2n) is 3.25. The van der Waals surface area contributed by atoms with E-state index in [4.69, 9.17) is 5.73 Å². The number of aliphatic hydroxyl groups excluding tert-OH is 1. The van der Waals surface area contributed by atoms with E-state index < -0.39 is 6.10 Å². The maximum atomic E-state index is 9.36. The third-order valence-electron chi connectivity index (χ3n) is 2.30. The van der Waals surface area contributed by atoms with E-state index in [1.54, 1.807) is 11.6 Å². The maximum Gasteiger partial charge on any atom is 0.0991 e. The van der Waals surface area contributed by atoms with Crippen LogP contribution in [-0.4, -0.2) is 26.2 Å². The molecule has 0 radical (unpaired) electrons. The molecule has 0 spiro atoms. The Morgan fingerprint density at radius 1 is 1.54 bits per heavy atom. The third-order valence-corrected chi connectivity index (χ3v) is 2.30. The lowest BCUT2D eigenvalue weighted by Gasteiger charge is -2.15. The first-order valence-corrected chi connectivity index (χ1v) is 4.36. The fourth-order valence-electron chi connectivity index (χ4n) is 1.15. The van der Waals surface area contributed by atoms with Crippen molar-refractivity contribution in [1.29, 1.82) is 0 Å². The number of hydrogen-bond donors (Lipinski definition) is 2. The molecule has 1 heterocycles. The van der Waals surface area contributed by atoms with E-state index in [-0.39, 0.29) is 6.04 Å². The summed E-state index contributed by atoms with van der Waals surface area (Å²) in [6.45, 7) is 5.92. The molecule has 2 unspecified atom stereocenters. The van der Waals surface area contributed by atoms with Gasteiger partial charge in [-0.1, -0.05) is 5.21 Å². The minimum absolute atomic E-state index is 0.0622. The van der Waals surface area contributed by atoms with Gasteiger partial charge in [-0.3, -0.25) is 0 Å². The van der Waals surface area contributed by atoms with Crippen LogP contribution in [0.3, 0.4) is 0 Å². The van der Waals surface area contributed by atoms with Crippen molar-refractivity contribution in [2.75, 3.05) is 0 Å².